The summed E-state index contributed by atoms with van der Waals surface area (Å²) in [6.45, 7) is 22.9. The van der Waals surface area contributed by atoms with E-state index in [-0.39, 0.29) is 79.1 Å². The van der Waals surface area contributed by atoms with Crippen molar-refractivity contribution in [2.24, 2.45) is 45.0 Å². The van der Waals surface area contributed by atoms with Crippen LogP contribution >= 0.6 is 0 Å². The number of ketones is 1. The van der Waals surface area contributed by atoms with Gasteiger partial charge in [-0.1, -0.05) is 59.8 Å². The van der Waals surface area contributed by atoms with Crippen LogP contribution in [-0.2, 0) is 14.3 Å². The normalized spacial score (nSPS) is 30.8. The number of phenolic OH excluding ortho intramolecular Hbond substituents is 2. The number of phenols is 2. The SMILES string of the molecule is C/C1=C/C=C/[C@H](C)C[C@@H](C)[C@@H](O)[C@@H](C)[C@H](OC(=O)N2CCCC3(CCN(C)CC3)C2)[C@H](C)C/C=C/O[C@@]2(C)Oc3c(C)c(O)c4c(O)c(c5c(c4c3C2=O)=NC2(CCN(CC(C)C)CC2)N=5)NC1=O.CO. The average molecular weight is 985 g/mol. The van der Waals surface area contributed by atoms with Crippen molar-refractivity contribution >= 4 is 34.2 Å². The van der Waals surface area contributed by atoms with E-state index in [1.165, 1.54) is 13.2 Å². The first-order valence-electron chi connectivity index (χ1n) is 25.9. The number of piperidine rings is 3. The summed E-state index contributed by atoms with van der Waals surface area (Å²) in [4.78, 5) is 60.1. The summed E-state index contributed by atoms with van der Waals surface area (Å²) in [6.07, 6.45) is 13.2. The van der Waals surface area contributed by atoms with Crippen LogP contribution in [0, 0.1) is 41.9 Å². The van der Waals surface area contributed by atoms with Gasteiger partial charge in [0.15, 0.2) is 11.4 Å². The van der Waals surface area contributed by atoms with Gasteiger partial charge in [-0.2, -0.15) is 0 Å². The van der Waals surface area contributed by atoms with Gasteiger partial charge in [-0.25, -0.2) is 4.79 Å². The number of rotatable bonds is 3. The Balaban J connectivity index is 0.00000366. The number of benzene rings is 2. The molecule has 7 aliphatic heterocycles. The van der Waals surface area contributed by atoms with Gasteiger partial charge < -0.3 is 54.7 Å². The van der Waals surface area contributed by atoms with Crippen molar-refractivity contribution in [1.82, 2.24) is 14.7 Å². The van der Waals surface area contributed by atoms with Crippen LogP contribution in [0.5, 0.6) is 17.2 Å². The summed E-state index contributed by atoms with van der Waals surface area (Å²) in [7, 11) is 3.15. The van der Waals surface area contributed by atoms with Gasteiger partial charge in [0.2, 0.25) is 0 Å². The van der Waals surface area contributed by atoms with Gasteiger partial charge >= 0.3 is 11.9 Å². The van der Waals surface area contributed by atoms with Crippen molar-refractivity contribution in [3.8, 4) is 17.2 Å². The Morgan fingerprint density at radius 3 is 2.28 bits per heavy atom. The largest absolute Gasteiger partial charge is 0.507 e. The summed E-state index contributed by atoms with van der Waals surface area (Å²) in [6, 6.07) is 0. The molecule has 2 aromatic carbocycles. The molecule has 71 heavy (non-hydrogen) atoms. The number of nitrogens with zero attached hydrogens (tertiary/aromatic N) is 5. The van der Waals surface area contributed by atoms with Crippen molar-refractivity contribution in [3.05, 3.63) is 58.0 Å². The Labute approximate surface area is 419 Å². The smallest absolute Gasteiger partial charge is 0.410 e. The average Bonchev–Trinajstić information content (AvgIpc) is 3.84. The molecule has 0 radical (unpaired) electrons. The van der Waals surface area contributed by atoms with E-state index in [4.69, 9.17) is 29.3 Å². The fourth-order valence-corrected chi connectivity index (χ4v) is 11.9. The zero-order valence-electron chi connectivity index (χ0n) is 44.0. The van der Waals surface area contributed by atoms with Crippen LogP contribution in [0.1, 0.15) is 123 Å². The first-order chi connectivity index (χ1) is 33.6. The Morgan fingerprint density at radius 1 is 0.930 bits per heavy atom. The molecule has 2 amide bonds. The molecule has 16 heteroatoms. The summed E-state index contributed by atoms with van der Waals surface area (Å²) in [5.74, 6) is -3.94. The molecule has 7 aliphatic rings. The zero-order chi connectivity index (χ0) is 51.7. The minimum atomic E-state index is -1.87. The van der Waals surface area contributed by atoms with Gasteiger partial charge in [0.05, 0.1) is 28.7 Å². The molecule has 7 atom stereocenters. The molecular weight excluding hydrogens is 905 g/mol. The number of nitrogens with one attached hydrogen (secondary N) is 1. The molecule has 9 rings (SSSR count). The van der Waals surface area contributed by atoms with Gasteiger partial charge in [0.1, 0.15) is 28.6 Å². The molecule has 0 aromatic heterocycles. The quantitative estimate of drug-likeness (QED) is 0.195. The Morgan fingerprint density at radius 2 is 1.61 bits per heavy atom. The van der Waals surface area contributed by atoms with Crippen LogP contribution in [0.3, 0.4) is 0 Å². The molecule has 3 fully saturated rings. The molecule has 16 nitrogen and oxygen atoms in total. The molecule has 3 saturated heterocycles. The van der Waals surface area contributed by atoms with Crippen LogP contribution in [0.25, 0.3) is 10.8 Å². The minimum absolute atomic E-state index is 0.00221. The molecule has 0 aliphatic carbocycles. The molecule has 7 heterocycles. The maximum absolute atomic E-state index is 14.9. The van der Waals surface area contributed by atoms with Crippen LogP contribution in [-0.4, -0.2) is 137 Å². The topological polar surface area (TPSA) is 206 Å². The number of allylic oxidation sites excluding steroid dienone is 4. The highest BCUT2D eigenvalue weighted by Crippen LogP contribution is 2.50. The lowest BCUT2D eigenvalue weighted by atomic mass is 9.72. The molecule has 390 valence electrons. The maximum Gasteiger partial charge on any atom is 0.410 e. The van der Waals surface area contributed by atoms with Gasteiger partial charge in [0, 0.05) is 82.0 Å². The second kappa shape index (κ2) is 21.6. The van der Waals surface area contributed by atoms with Crippen molar-refractivity contribution in [2.75, 3.05) is 65.3 Å². The third kappa shape index (κ3) is 10.9. The first-order valence-corrected chi connectivity index (χ1v) is 25.9. The van der Waals surface area contributed by atoms with E-state index in [0.717, 1.165) is 65.5 Å². The third-order valence-corrected chi connectivity index (χ3v) is 16.1. The Hall–Kier alpha value is -5.03. The number of Topliss-reactive ketones (excluding diaryl/α,β-unsaturated/α-hetero) is 1. The number of hydrogen-bond donors (Lipinski definition) is 5. The fourth-order valence-electron chi connectivity index (χ4n) is 11.9. The number of carbonyl (C=O) groups excluding carboxylic acids is 3. The van der Waals surface area contributed by atoms with Gasteiger partial charge in [-0.3, -0.25) is 19.6 Å². The van der Waals surface area contributed by atoms with Crippen molar-refractivity contribution < 1.29 is 49.0 Å². The van der Waals surface area contributed by atoms with E-state index in [1.54, 1.807) is 26.0 Å². The number of aliphatic hydroxyl groups is 2. The zero-order valence-corrected chi connectivity index (χ0v) is 44.0. The van der Waals surface area contributed by atoms with Crippen molar-refractivity contribution in [2.45, 2.75) is 137 Å². The molecule has 5 bridgehead atoms. The number of anilines is 1. The lowest BCUT2D eigenvalue weighted by Crippen LogP contribution is -2.52. The number of hydrogen-bond acceptors (Lipinski definition) is 14. The Bertz CT molecular complexity index is 2560. The van der Waals surface area contributed by atoms with Gasteiger partial charge in [0.25, 0.3) is 11.7 Å². The maximum atomic E-state index is 14.9. The van der Waals surface area contributed by atoms with E-state index >= 15 is 0 Å². The van der Waals surface area contributed by atoms with E-state index in [0.29, 0.717) is 50.3 Å². The first kappa shape index (κ1) is 53.8. The highest BCUT2D eigenvalue weighted by Gasteiger charge is 2.50. The van der Waals surface area contributed by atoms with Crippen LogP contribution in [0.15, 0.2) is 46.1 Å². The lowest BCUT2D eigenvalue weighted by Gasteiger charge is -2.47. The van der Waals surface area contributed by atoms with Crippen LogP contribution < -0.4 is 20.8 Å². The van der Waals surface area contributed by atoms with E-state index in [2.05, 4.69) is 42.9 Å². The number of amides is 2. The van der Waals surface area contributed by atoms with E-state index in [9.17, 15) is 29.7 Å². The summed E-state index contributed by atoms with van der Waals surface area (Å²) < 4.78 is 19.1. The second-order valence-corrected chi connectivity index (χ2v) is 22.2. The van der Waals surface area contributed by atoms with Crippen LogP contribution in [0.2, 0.25) is 0 Å². The number of ether oxygens (including phenoxy) is 3. The molecule has 2 aromatic rings. The van der Waals surface area contributed by atoms with Gasteiger partial charge in [-0.05, 0) is 108 Å². The predicted octanol–water partition coefficient (Wildman–Crippen LogP) is 7.14. The van der Waals surface area contributed by atoms with E-state index < -0.39 is 47.0 Å². The molecule has 0 saturated carbocycles. The summed E-state index contributed by atoms with van der Waals surface area (Å²) in [5, 5.41) is 46.7. The third-order valence-electron chi connectivity index (χ3n) is 16.1. The molecule has 0 unspecified atom stereocenters. The highest BCUT2D eigenvalue weighted by molar-refractivity contribution is 6.19. The Kier molecular flexibility index (Phi) is 16.3. The lowest BCUT2D eigenvalue weighted by molar-refractivity contribution is -0.112. The van der Waals surface area contributed by atoms with Crippen molar-refractivity contribution in [3.63, 3.8) is 0 Å². The summed E-state index contributed by atoms with van der Waals surface area (Å²) >= 11 is 0. The standard InChI is InChI=1S/C54H76N6O9.CH4O/c1-31(2)29-59-25-20-54(21-26-59)56-41-38-39-45(62)37(8)48-40(38)49(64)52(9,69-48)67-27-12-16-33(4)47(68-51(66)60-22-13-17-53(30-60)18-23-58(10)24-19-53)36(7)44(61)35(6)28-32(3)14-11-15-34(5)50(65)55-43(46(39)63)42(41)57-54;1-2/h11-12,14-15,27,31-33,35-36,44,47,61-63H,13,16-26,28-30H2,1-10H3,(H,55,65);2H,1H3/b14-11+,27-12+,34-15-;/t32-,33+,35+,36+,44+,47+,52-;/m0./s1. The van der Waals surface area contributed by atoms with Gasteiger partial charge in [-0.15, -0.1) is 0 Å². The second-order valence-electron chi connectivity index (χ2n) is 22.2. The monoisotopic (exact) mass is 985 g/mol. The molecule has 2 spiro atoms. The van der Waals surface area contributed by atoms with Crippen molar-refractivity contribution in [1.29, 1.82) is 0 Å². The molecular formula is C55H80N6O10. The number of likely N-dealkylation sites (tertiary alicyclic amines) is 3. The number of aliphatic hydroxyl groups excluding tert-OH is 2. The number of aromatic hydroxyl groups is 2. The minimum Gasteiger partial charge on any atom is -0.507 e. The summed E-state index contributed by atoms with van der Waals surface area (Å²) in [5.41, 5.74) is -0.184. The molecule has 5 N–H and O–H groups in total. The number of carbonyl (C=O) groups is 3. The fraction of sp³-hybridized carbons (Fsp3) is 0.655. The number of fused-ring (bicyclic) bond motifs is 13. The van der Waals surface area contributed by atoms with E-state index in [1.807, 2.05) is 37.8 Å². The van der Waals surface area contributed by atoms with Crippen LogP contribution in [0.4, 0.5) is 10.5 Å². The highest BCUT2D eigenvalue weighted by atomic mass is 16.7. The predicted molar refractivity (Wildman–Crippen MR) is 273 cm³/mol.